The molecule has 0 rings (SSSR count). The van der Waals surface area contributed by atoms with Gasteiger partial charge in [0, 0.05) is 19.5 Å². The van der Waals surface area contributed by atoms with Gasteiger partial charge in [0.2, 0.25) is 5.91 Å². The molecule has 0 radical (unpaired) electrons. The maximum Gasteiger partial charge on any atom is 0.222 e. The molecule has 0 bridgehead atoms. The van der Waals surface area contributed by atoms with Crippen molar-refractivity contribution in [2.75, 3.05) is 19.6 Å². The van der Waals surface area contributed by atoms with Gasteiger partial charge in [0.25, 0.3) is 0 Å². The fourth-order valence-electron chi connectivity index (χ4n) is 1.70. The zero-order valence-corrected chi connectivity index (χ0v) is 10.7. The molecule has 0 aliphatic rings. The standard InChI is InChI=1S/C12H26N2O/c1-5-14(6-2)11(15)7-8-12(3,4)9-10-13/h5-10,13H2,1-4H3. The molecule has 2 N–H and O–H groups in total. The molecule has 1 amide bonds. The number of nitrogens with zero attached hydrogens (tertiary/aromatic N) is 1. The Bertz CT molecular complexity index is 186. The van der Waals surface area contributed by atoms with E-state index in [2.05, 4.69) is 13.8 Å². The molecule has 0 aliphatic carbocycles. The molecular weight excluding hydrogens is 188 g/mol. The fraction of sp³-hybridized carbons (Fsp3) is 0.917. The number of nitrogens with two attached hydrogens (primary N) is 1. The van der Waals surface area contributed by atoms with Crippen molar-refractivity contribution in [1.29, 1.82) is 0 Å². The summed E-state index contributed by atoms with van der Waals surface area (Å²) in [6, 6.07) is 0. The average Bonchev–Trinajstić information content (AvgIpc) is 2.17. The maximum atomic E-state index is 11.8. The zero-order valence-electron chi connectivity index (χ0n) is 10.7. The molecule has 90 valence electrons. The molecule has 0 saturated carbocycles. The molecule has 0 saturated heterocycles. The second-order valence-corrected chi connectivity index (χ2v) is 4.77. The number of rotatable bonds is 7. The topological polar surface area (TPSA) is 46.3 Å². The van der Waals surface area contributed by atoms with Crippen molar-refractivity contribution in [2.45, 2.75) is 47.0 Å². The molecule has 3 heteroatoms. The molecule has 0 unspecified atom stereocenters. The minimum atomic E-state index is 0.192. The van der Waals surface area contributed by atoms with E-state index in [0.29, 0.717) is 13.0 Å². The zero-order chi connectivity index (χ0) is 11.9. The molecule has 0 aromatic carbocycles. The van der Waals surface area contributed by atoms with Crippen LogP contribution in [0.2, 0.25) is 0 Å². The van der Waals surface area contributed by atoms with Crippen LogP contribution in [0.15, 0.2) is 0 Å². The lowest BCUT2D eigenvalue weighted by Gasteiger charge is -2.25. The van der Waals surface area contributed by atoms with Crippen molar-refractivity contribution < 1.29 is 4.79 Å². The summed E-state index contributed by atoms with van der Waals surface area (Å²) in [6.45, 7) is 10.7. The van der Waals surface area contributed by atoms with E-state index in [1.54, 1.807) is 0 Å². The normalized spacial score (nSPS) is 11.5. The molecule has 0 heterocycles. The van der Waals surface area contributed by atoms with Crippen LogP contribution in [0.3, 0.4) is 0 Å². The van der Waals surface area contributed by atoms with Crippen molar-refractivity contribution in [3.63, 3.8) is 0 Å². The third kappa shape index (κ3) is 5.78. The van der Waals surface area contributed by atoms with Gasteiger partial charge in [0.05, 0.1) is 0 Å². The Morgan fingerprint density at radius 3 is 2.13 bits per heavy atom. The molecule has 0 fully saturated rings. The van der Waals surface area contributed by atoms with E-state index in [0.717, 1.165) is 25.9 Å². The highest BCUT2D eigenvalue weighted by Gasteiger charge is 2.19. The third-order valence-electron chi connectivity index (χ3n) is 2.95. The summed E-state index contributed by atoms with van der Waals surface area (Å²) in [5.74, 6) is 0.269. The van der Waals surface area contributed by atoms with E-state index in [-0.39, 0.29) is 11.3 Å². The Morgan fingerprint density at radius 1 is 1.20 bits per heavy atom. The van der Waals surface area contributed by atoms with Crippen LogP contribution in [0, 0.1) is 5.41 Å². The van der Waals surface area contributed by atoms with E-state index in [9.17, 15) is 4.79 Å². The molecular formula is C12H26N2O. The summed E-state index contributed by atoms with van der Waals surface area (Å²) in [7, 11) is 0. The van der Waals surface area contributed by atoms with Crippen LogP contribution in [-0.4, -0.2) is 30.4 Å². The van der Waals surface area contributed by atoms with Gasteiger partial charge in [-0.25, -0.2) is 0 Å². The molecule has 0 aliphatic heterocycles. The van der Waals surface area contributed by atoms with Crippen LogP contribution in [0.25, 0.3) is 0 Å². The van der Waals surface area contributed by atoms with Crippen LogP contribution in [0.5, 0.6) is 0 Å². The highest BCUT2D eigenvalue weighted by molar-refractivity contribution is 5.76. The average molecular weight is 214 g/mol. The lowest BCUT2D eigenvalue weighted by Crippen LogP contribution is -2.31. The van der Waals surface area contributed by atoms with Gasteiger partial charge in [-0.05, 0) is 38.6 Å². The van der Waals surface area contributed by atoms with E-state index >= 15 is 0 Å². The van der Waals surface area contributed by atoms with E-state index in [1.165, 1.54) is 0 Å². The summed E-state index contributed by atoms with van der Waals surface area (Å²) in [5, 5.41) is 0. The summed E-state index contributed by atoms with van der Waals surface area (Å²) < 4.78 is 0. The molecule has 0 aromatic rings. The number of carbonyl (C=O) groups is 1. The van der Waals surface area contributed by atoms with Gasteiger partial charge in [-0.2, -0.15) is 0 Å². The van der Waals surface area contributed by atoms with Gasteiger partial charge in [0.1, 0.15) is 0 Å². The Hall–Kier alpha value is -0.570. The first-order chi connectivity index (χ1) is 6.96. The minimum absolute atomic E-state index is 0.192. The van der Waals surface area contributed by atoms with Crippen molar-refractivity contribution in [1.82, 2.24) is 4.90 Å². The Kier molecular flexibility index (Phi) is 6.57. The molecule has 0 atom stereocenters. The van der Waals surface area contributed by atoms with Gasteiger partial charge >= 0.3 is 0 Å². The number of hydrogen-bond acceptors (Lipinski definition) is 2. The monoisotopic (exact) mass is 214 g/mol. The molecule has 15 heavy (non-hydrogen) atoms. The second kappa shape index (κ2) is 6.83. The number of amides is 1. The quantitative estimate of drug-likeness (QED) is 0.704. The second-order valence-electron chi connectivity index (χ2n) is 4.77. The van der Waals surface area contributed by atoms with Crippen LogP contribution >= 0.6 is 0 Å². The van der Waals surface area contributed by atoms with E-state index in [4.69, 9.17) is 5.73 Å². The lowest BCUT2D eigenvalue weighted by atomic mass is 9.84. The first-order valence-electron chi connectivity index (χ1n) is 5.94. The smallest absolute Gasteiger partial charge is 0.222 e. The van der Waals surface area contributed by atoms with Crippen molar-refractivity contribution in [3.05, 3.63) is 0 Å². The van der Waals surface area contributed by atoms with Crippen LogP contribution < -0.4 is 5.73 Å². The van der Waals surface area contributed by atoms with Crippen LogP contribution in [0.1, 0.15) is 47.0 Å². The highest BCUT2D eigenvalue weighted by atomic mass is 16.2. The predicted octanol–water partition coefficient (Wildman–Crippen LogP) is 2.01. The molecule has 0 aromatic heterocycles. The van der Waals surface area contributed by atoms with Crippen molar-refractivity contribution >= 4 is 5.91 Å². The SMILES string of the molecule is CCN(CC)C(=O)CCC(C)(C)CCN. The minimum Gasteiger partial charge on any atom is -0.343 e. The largest absolute Gasteiger partial charge is 0.343 e. The van der Waals surface area contributed by atoms with Gasteiger partial charge in [-0.15, -0.1) is 0 Å². The van der Waals surface area contributed by atoms with Gasteiger partial charge in [-0.1, -0.05) is 13.8 Å². The maximum absolute atomic E-state index is 11.8. The third-order valence-corrected chi connectivity index (χ3v) is 2.95. The van der Waals surface area contributed by atoms with Gasteiger partial charge in [-0.3, -0.25) is 4.79 Å². The molecule has 3 nitrogen and oxygen atoms in total. The Labute approximate surface area is 94.0 Å². The van der Waals surface area contributed by atoms with E-state index < -0.39 is 0 Å². The lowest BCUT2D eigenvalue weighted by molar-refractivity contribution is -0.131. The molecule has 0 spiro atoms. The van der Waals surface area contributed by atoms with Crippen molar-refractivity contribution in [2.24, 2.45) is 11.1 Å². The predicted molar refractivity (Wildman–Crippen MR) is 64.6 cm³/mol. The van der Waals surface area contributed by atoms with Crippen LogP contribution in [-0.2, 0) is 4.79 Å². The van der Waals surface area contributed by atoms with E-state index in [1.807, 2.05) is 18.7 Å². The Balaban J connectivity index is 3.98. The highest BCUT2D eigenvalue weighted by Crippen LogP contribution is 2.26. The number of hydrogen-bond donors (Lipinski definition) is 1. The van der Waals surface area contributed by atoms with Gasteiger partial charge < -0.3 is 10.6 Å². The summed E-state index contributed by atoms with van der Waals surface area (Å²) in [6.07, 6.45) is 2.56. The summed E-state index contributed by atoms with van der Waals surface area (Å²) >= 11 is 0. The van der Waals surface area contributed by atoms with Crippen LogP contribution in [0.4, 0.5) is 0 Å². The summed E-state index contributed by atoms with van der Waals surface area (Å²) in [5.41, 5.74) is 5.73. The first-order valence-corrected chi connectivity index (χ1v) is 5.94. The van der Waals surface area contributed by atoms with Crippen molar-refractivity contribution in [3.8, 4) is 0 Å². The fourth-order valence-corrected chi connectivity index (χ4v) is 1.70. The summed E-state index contributed by atoms with van der Waals surface area (Å²) in [4.78, 5) is 13.6. The number of carbonyl (C=O) groups excluding carboxylic acids is 1. The first kappa shape index (κ1) is 14.4. The Morgan fingerprint density at radius 2 is 1.73 bits per heavy atom. The van der Waals surface area contributed by atoms with Gasteiger partial charge in [0.15, 0.2) is 0 Å².